The van der Waals surface area contributed by atoms with Crippen LogP contribution in [0.25, 0.3) is 0 Å². The molecule has 4 rings (SSSR count). The molecule has 0 amide bonds. The molecule has 0 saturated heterocycles. The summed E-state index contributed by atoms with van der Waals surface area (Å²) in [6, 6.07) is 30.4. The van der Waals surface area contributed by atoms with E-state index in [9.17, 15) is 16.8 Å². The number of aliphatic hydroxyl groups excluding tert-OH is 2. The van der Waals surface area contributed by atoms with Gasteiger partial charge in [0.15, 0.2) is 0 Å². The summed E-state index contributed by atoms with van der Waals surface area (Å²) in [5, 5.41) is 16.3. The molecule has 0 radical (unpaired) electrons. The van der Waals surface area contributed by atoms with Crippen LogP contribution in [0.15, 0.2) is 132 Å². The van der Waals surface area contributed by atoms with E-state index >= 15 is 0 Å². The number of rotatable bonds is 6. The maximum Gasteiger partial charge on any atom is 0.261 e. The summed E-state index contributed by atoms with van der Waals surface area (Å²) in [6.45, 7) is 4.86. The molecule has 44 heavy (non-hydrogen) atoms. The second-order valence-corrected chi connectivity index (χ2v) is 12.8. The maximum absolute atomic E-state index is 12.1. The van der Waals surface area contributed by atoms with Gasteiger partial charge in [0, 0.05) is 14.8 Å². The summed E-state index contributed by atoms with van der Waals surface area (Å²) >= 11 is 2.14. The zero-order valence-electron chi connectivity index (χ0n) is 23.9. The molecule has 0 saturated carbocycles. The Balaban J connectivity index is 0.000000366. The minimum absolute atomic E-state index is 0.153. The van der Waals surface area contributed by atoms with Crippen molar-refractivity contribution in [1.82, 2.24) is 0 Å². The van der Waals surface area contributed by atoms with Crippen molar-refractivity contribution in [2.75, 3.05) is 22.7 Å². The predicted molar refractivity (Wildman–Crippen MR) is 186 cm³/mol. The largest absolute Gasteiger partial charge is 0.384 e. The molecule has 0 aliphatic heterocycles. The number of terminal acetylenes is 1. The Labute approximate surface area is 274 Å². The summed E-state index contributed by atoms with van der Waals surface area (Å²) in [4.78, 5) is 0.464. The Morgan fingerprint density at radius 2 is 1.18 bits per heavy atom. The Morgan fingerprint density at radius 3 is 1.59 bits per heavy atom. The minimum atomic E-state index is -3.60. The highest BCUT2D eigenvalue weighted by molar-refractivity contribution is 14.1. The van der Waals surface area contributed by atoms with Crippen LogP contribution in [0.4, 0.5) is 11.4 Å². The molecular formula is C33H33IN2O6S2. The SMILES string of the molecule is C#CCO.C=CC.O=S(=O)(Nc1cccc(C#CCO)c1)c1ccccc1.O=S(=O)(Nc1cccc(I)c1)c1ccccc1. The normalized spacial score (nSPS) is 9.80. The lowest BCUT2D eigenvalue weighted by atomic mass is 10.2. The van der Waals surface area contributed by atoms with Crippen molar-refractivity contribution in [3.63, 3.8) is 0 Å². The predicted octanol–water partition coefficient (Wildman–Crippen LogP) is 5.73. The van der Waals surface area contributed by atoms with Gasteiger partial charge < -0.3 is 10.2 Å². The quantitative estimate of drug-likeness (QED) is 0.113. The van der Waals surface area contributed by atoms with Gasteiger partial charge in [0.2, 0.25) is 0 Å². The van der Waals surface area contributed by atoms with Crippen molar-refractivity contribution >= 4 is 54.0 Å². The lowest BCUT2D eigenvalue weighted by Gasteiger charge is -2.08. The molecule has 0 fully saturated rings. The van der Waals surface area contributed by atoms with E-state index in [1.807, 2.05) is 25.0 Å². The fourth-order valence-electron chi connectivity index (χ4n) is 2.98. The van der Waals surface area contributed by atoms with E-state index < -0.39 is 20.0 Å². The number of sulfonamides is 2. The van der Waals surface area contributed by atoms with E-state index in [2.05, 4.69) is 56.9 Å². The first-order chi connectivity index (χ1) is 21.0. The average Bonchev–Trinajstić information content (AvgIpc) is 3.01. The second kappa shape index (κ2) is 20.7. The Hall–Kier alpha value is -4.11. The molecule has 4 N–H and O–H groups in total. The fraction of sp³-hybridized carbons (Fsp3) is 0.0909. The molecule has 8 nitrogen and oxygen atoms in total. The van der Waals surface area contributed by atoms with E-state index in [1.165, 1.54) is 12.1 Å². The highest BCUT2D eigenvalue weighted by Gasteiger charge is 2.14. The van der Waals surface area contributed by atoms with Crippen LogP contribution in [-0.2, 0) is 20.0 Å². The number of aliphatic hydroxyl groups is 2. The molecular weight excluding hydrogens is 711 g/mol. The number of halogens is 1. The van der Waals surface area contributed by atoms with Crippen molar-refractivity contribution in [2.45, 2.75) is 16.7 Å². The van der Waals surface area contributed by atoms with Crippen molar-refractivity contribution in [3.8, 4) is 24.2 Å². The first-order valence-electron chi connectivity index (χ1n) is 12.8. The molecule has 0 spiro atoms. The third kappa shape index (κ3) is 14.9. The number of nitrogens with one attached hydrogen (secondary N) is 2. The molecule has 0 bridgehead atoms. The molecule has 230 valence electrons. The smallest absolute Gasteiger partial charge is 0.261 e. The fourth-order valence-corrected chi connectivity index (χ4v) is 5.67. The monoisotopic (exact) mass is 744 g/mol. The van der Waals surface area contributed by atoms with Crippen molar-refractivity contribution in [3.05, 3.63) is 131 Å². The van der Waals surface area contributed by atoms with Crippen LogP contribution in [0.1, 0.15) is 12.5 Å². The minimum Gasteiger partial charge on any atom is -0.384 e. The summed E-state index contributed by atoms with van der Waals surface area (Å²) in [5.74, 6) is 7.23. The third-order valence-corrected chi connectivity index (χ3v) is 8.17. The topological polar surface area (TPSA) is 133 Å². The Bertz CT molecular complexity index is 1760. The highest BCUT2D eigenvalue weighted by Crippen LogP contribution is 2.18. The van der Waals surface area contributed by atoms with Gasteiger partial charge in [0.25, 0.3) is 20.0 Å². The molecule has 0 unspecified atom stereocenters. The van der Waals surface area contributed by atoms with Crippen LogP contribution in [0.2, 0.25) is 0 Å². The molecule has 4 aromatic rings. The third-order valence-electron chi connectivity index (χ3n) is 4.70. The van der Waals surface area contributed by atoms with Gasteiger partial charge in [-0.1, -0.05) is 72.4 Å². The van der Waals surface area contributed by atoms with Crippen LogP contribution in [0, 0.1) is 27.8 Å². The molecule has 11 heteroatoms. The summed E-state index contributed by atoms with van der Waals surface area (Å²) in [7, 11) is -7.08. The summed E-state index contributed by atoms with van der Waals surface area (Å²) in [5.41, 5.74) is 1.63. The number of hydrogen-bond donors (Lipinski definition) is 4. The van der Waals surface area contributed by atoms with E-state index in [0.29, 0.717) is 16.9 Å². The van der Waals surface area contributed by atoms with Crippen LogP contribution in [-0.4, -0.2) is 40.3 Å². The second-order valence-electron chi connectivity index (χ2n) is 8.16. The van der Waals surface area contributed by atoms with Crippen molar-refractivity contribution in [1.29, 1.82) is 0 Å². The van der Waals surface area contributed by atoms with Crippen molar-refractivity contribution < 1.29 is 27.0 Å². The average molecular weight is 745 g/mol. The first-order valence-corrected chi connectivity index (χ1v) is 16.8. The molecule has 0 aliphatic rings. The van der Waals surface area contributed by atoms with Crippen LogP contribution in [0.5, 0.6) is 0 Å². The van der Waals surface area contributed by atoms with E-state index in [4.69, 9.17) is 10.2 Å². The van der Waals surface area contributed by atoms with Gasteiger partial charge in [-0.15, -0.1) is 13.0 Å². The van der Waals surface area contributed by atoms with Gasteiger partial charge in [-0.05, 0) is 90.2 Å². The van der Waals surface area contributed by atoms with Crippen LogP contribution in [0.3, 0.4) is 0 Å². The molecule has 4 aromatic carbocycles. The Morgan fingerprint density at radius 1 is 0.750 bits per heavy atom. The standard InChI is InChI=1S/C15H13NO3S.C12H10INO2S.C3H4O.C3H6/c17-11-5-7-13-6-4-8-14(12-13)16-20(18,19)15-9-2-1-3-10-15;13-10-5-4-6-11(9-10)14-17(15,16)12-7-2-1-3-8-12;1-2-3-4;1-3-2/h1-4,6,8-10,12,16-17H,11H2;1-9,14H;1,4H,3H2;3H,1H2,2H3. The van der Waals surface area contributed by atoms with Gasteiger partial charge in [-0.3, -0.25) is 9.44 Å². The molecule has 0 atom stereocenters. The number of hydrogen-bond acceptors (Lipinski definition) is 6. The van der Waals surface area contributed by atoms with Crippen molar-refractivity contribution in [2.24, 2.45) is 0 Å². The van der Waals surface area contributed by atoms with E-state index in [-0.39, 0.29) is 23.0 Å². The van der Waals surface area contributed by atoms with Gasteiger partial charge in [-0.2, -0.15) is 0 Å². The first kappa shape index (κ1) is 37.9. The lowest BCUT2D eigenvalue weighted by molar-refractivity contribution is 0.350. The summed E-state index contributed by atoms with van der Waals surface area (Å²) < 4.78 is 54.3. The zero-order valence-corrected chi connectivity index (χ0v) is 27.7. The van der Waals surface area contributed by atoms with Crippen LogP contribution < -0.4 is 9.44 Å². The number of benzene rings is 4. The highest BCUT2D eigenvalue weighted by atomic mass is 127. The van der Waals surface area contributed by atoms with Gasteiger partial charge in [0.1, 0.15) is 13.2 Å². The molecule has 0 heterocycles. The van der Waals surface area contributed by atoms with Gasteiger partial charge in [-0.25, -0.2) is 16.8 Å². The van der Waals surface area contributed by atoms with Crippen LogP contribution >= 0.6 is 22.6 Å². The number of allylic oxidation sites excluding steroid dienone is 1. The van der Waals surface area contributed by atoms with Gasteiger partial charge >= 0.3 is 0 Å². The molecule has 0 aliphatic carbocycles. The summed E-state index contributed by atoms with van der Waals surface area (Å²) in [6.07, 6.45) is 6.28. The number of anilines is 2. The van der Waals surface area contributed by atoms with E-state index in [0.717, 1.165) is 3.57 Å². The van der Waals surface area contributed by atoms with Gasteiger partial charge in [0.05, 0.1) is 15.5 Å². The molecule has 0 aromatic heterocycles. The lowest BCUT2D eigenvalue weighted by Crippen LogP contribution is -2.12. The zero-order chi connectivity index (χ0) is 32.8. The van der Waals surface area contributed by atoms with E-state index in [1.54, 1.807) is 91.0 Å². The maximum atomic E-state index is 12.1. The Kier molecular flexibility index (Phi) is 17.9.